The molecule has 2 aromatic rings. The molecule has 0 bridgehead atoms. The van der Waals surface area contributed by atoms with E-state index in [4.69, 9.17) is 14.2 Å². The number of hydrogen-bond acceptors (Lipinski definition) is 6. The fourth-order valence-electron chi connectivity index (χ4n) is 4.26. The fraction of sp³-hybridized carbons (Fsp3) is 0.522. The minimum Gasteiger partial charge on any atom is -0.496 e. The number of methoxy groups -OCH3 is 3. The molecule has 7 nitrogen and oxygen atoms in total. The van der Waals surface area contributed by atoms with Crippen LogP contribution in [-0.2, 0) is 6.54 Å². The zero-order chi connectivity index (χ0) is 22.2. The van der Waals surface area contributed by atoms with Crippen LogP contribution in [0.2, 0.25) is 0 Å². The predicted molar refractivity (Wildman–Crippen MR) is 142 cm³/mol. The topological polar surface area (TPSA) is 67.4 Å². The highest BCUT2D eigenvalue weighted by atomic mass is 127. The van der Waals surface area contributed by atoms with Crippen molar-refractivity contribution in [2.75, 3.05) is 48.5 Å². The largest absolute Gasteiger partial charge is 0.496 e. The van der Waals surface area contributed by atoms with Gasteiger partial charge in [-0.15, -0.1) is 35.3 Å². The quantitative estimate of drug-likeness (QED) is 0.281. The lowest BCUT2D eigenvalue weighted by molar-refractivity contribution is 0.125. The molecule has 1 fully saturated rings. The molecule has 1 aliphatic heterocycles. The molecular formula is C23H35IN4O3S. The molecule has 2 unspecified atom stereocenters. The van der Waals surface area contributed by atoms with Crippen LogP contribution in [0.5, 0.6) is 17.2 Å². The number of aliphatic imine (C=N–C) groups is 1. The molecule has 0 amide bonds. The molecule has 178 valence electrons. The van der Waals surface area contributed by atoms with Crippen molar-refractivity contribution in [2.24, 2.45) is 10.9 Å². The maximum atomic E-state index is 5.55. The molecule has 0 radical (unpaired) electrons. The molecule has 1 aromatic heterocycles. The van der Waals surface area contributed by atoms with Crippen LogP contribution < -0.4 is 24.8 Å². The normalized spacial score (nSPS) is 19.1. The second-order valence-corrected chi connectivity index (χ2v) is 8.64. The number of thiophene rings is 1. The van der Waals surface area contributed by atoms with E-state index >= 15 is 0 Å². The van der Waals surface area contributed by atoms with E-state index in [0.717, 1.165) is 24.6 Å². The summed E-state index contributed by atoms with van der Waals surface area (Å²) in [6.07, 6.45) is 2.42. The van der Waals surface area contributed by atoms with Crippen molar-refractivity contribution in [1.29, 1.82) is 0 Å². The fourth-order valence-corrected chi connectivity index (χ4v) is 5.24. The number of hydrogen-bond donors (Lipinski definition) is 2. The van der Waals surface area contributed by atoms with Gasteiger partial charge in [-0.1, -0.05) is 6.07 Å². The number of ether oxygens (including phenoxy) is 3. The van der Waals surface area contributed by atoms with Crippen LogP contribution in [0.1, 0.15) is 29.3 Å². The summed E-state index contributed by atoms with van der Waals surface area (Å²) in [5.74, 6) is 3.41. The van der Waals surface area contributed by atoms with Gasteiger partial charge in [0.05, 0.1) is 33.4 Å². The number of nitrogens with zero attached hydrogens (tertiary/aromatic N) is 2. The molecule has 1 saturated heterocycles. The summed E-state index contributed by atoms with van der Waals surface area (Å²) in [6, 6.07) is 8.56. The Morgan fingerprint density at radius 3 is 2.44 bits per heavy atom. The van der Waals surface area contributed by atoms with E-state index in [1.807, 2.05) is 23.5 Å². The first-order valence-electron chi connectivity index (χ1n) is 10.6. The molecule has 0 saturated carbocycles. The van der Waals surface area contributed by atoms with E-state index in [1.165, 1.54) is 17.7 Å². The zero-order valence-electron chi connectivity index (χ0n) is 19.5. The van der Waals surface area contributed by atoms with Crippen LogP contribution in [0.15, 0.2) is 34.6 Å². The second kappa shape index (κ2) is 13.1. The van der Waals surface area contributed by atoms with Crippen molar-refractivity contribution >= 4 is 41.3 Å². The molecule has 2 atom stereocenters. The number of likely N-dealkylation sites (tertiary alicyclic amines) is 1. The average molecular weight is 575 g/mol. The summed E-state index contributed by atoms with van der Waals surface area (Å²) >= 11 is 1.84. The van der Waals surface area contributed by atoms with Crippen LogP contribution >= 0.6 is 35.3 Å². The Labute approximate surface area is 212 Å². The maximum absolute atomic E-state index is 5.55. The maximum Gasteiger partial charge on any atom is 0.191 e. The highest BCUT2D eigenvalue weighted by Gasteiger charge is 2.31. The monoisotopic (exact) mass is 574 g/mol. The van der Waals surface area contributed by atoms with Gasteiger partial charge in [-0.2, -0.15) is 0 Å². The Morgan fingerprint density at radius 1 is 1.16 bits per heavy atom. The first-order valence-corrected chi connectivity index (χ1v) is 11.5. The van der Waals surface area contributed by atoms with Crippen molar-refractivity contribution in [3.05, 3.63) is 40.1 Å². The van der Waals surface area contributed by atoms with E-state index in [9.17, 15) is 0 Å². The Kier molecular flexibility index (Phi) is 10.9. The van der Waals surface area contributed by atoms with Gasteiger partial charge in [0.2, 0.25) is 0 Å². The Hall–Kier alpha value is -1.72. The van der Waals surface area contributed by atoms with Gasteiger partial charge in [0, 0.05) is 36.6 Å². The summed E-state index contributed by atoms with van der Waals surface area (Å²) in [6.45, 7) is 2.53. The zero-order valence-corrected chi connectivity index (χ0v) is 22.7. The van der Waals surface area contributed by atoms with Crippen molar-refractivity contribution in [3.8, 4) is 17.2 Å². The number of guanidine groups is 1. The van der Waals surface area contributed by atoms with Gasteiger partial charge in [-0.3, -0.25) is 9.89 Å². The first-order chi connectivity index (χ1) is 15.1. The highest BCUT2D eigenvalue weighted by molar-refractivity contribution is 14.0. The summed E-state index contributed by atoms with van der Waals surface area (Å²) in [5.41, 5.74) is 0.919. The van der Waals surface area contributed by atoms with Gasteiger partial charge in [0.25, 0.3) is 0 Å². The van der Waals surface area contributed by atoms with Crippen LogP contribution in [0.25, 0.3) is 0 Å². The molecule has 9 heteroatoms. The van der Waals surface area contributed by atoms with Crippen molar-refractivity contribution in [1.82, 2.24) is 15.5 Å². The lowest BCUT2D eigenvalue weighted by Crippen LogP contribution is -2.44. The van der Waals surface area contributed by atoms with E-state index in [1.54, 1.807) is 28.4 Å². The number of benzene rings is 1. The minimum absolute atomic E-state index is 0. The predicted octanol–water partition coefficient (Wildman–Crippen LogP) is 4.14. The van der Waals surface area contributed by atoms with Gasteiger partial charge in [-0.25, -0.2) is 0 Å². The molecule has 32 heavy (non-hydrogen) atoms. The van der Waals surface area contributed by atoms with Crippen molar-refractivity contribution < 1.29 is 14.2 Å². The molecule has 3 rings (SSSR count). The Bertz CT molecular complexity index is 838. The van der Waals surface area contributed by atoms with E-state index in [-0.39, 0.29) is 24.0 Å². The van der Waals surface area contributed by atoms with Gasteiger partial charge in [-0.05, 0) is 43.8 Å². The lowest BCUT2D eigenvalue weighted by Gasteiger charge is -2.39. The summed E-state index contributed by atoms with van der Waals surface area (Å²) in [7, 11) is 8.95. The van der Waals surface area contributed by atoms with Gasteiger partial charge < -0.3 is 24.8 Å². The smallest absolute Gasteiger partial charge is 0.191 e. The van der Waals surface area contributed by atoms with E-state index < -0.39 is 0 Å². The van der Waals surface area contributed by atoms with E-state index in [2.05, 4.69) is 45.1 Å². The van der Waals surface area contributed by atoms with Gasteiger partial charge in [0.1, 0.15) is 17.2 Å². The summed E-state index contributed by atoms with van der Waals surface area (Å²) in [4.78, 5) is 8.33. The SMILES string of the molecule is CN=C(NCc1c(OC)cc(OC)cc1OC)NCC1CCCN(C)C1c1cccs1.I. The first kappa shape index (κ1) is 26.5. The van der Waals surface area contributed by atoms with Crippen LogP contribution in [0.3, 0.4) is 0 Å². The average Bonchev–Trinajstić information content (AvgIpc) is 3.33. The van der Waals surface area contributed by atoms with Gasteiger partial charge >= 0.3 is 0 Å². The molecule has 2 heterocycles. The third kappa shape index (κ3) is 6.41. The summed E-state index contributed by atoms with van der Waals surface area (Å²) in [5, 5.41) is 9.10. The number of halogens is 1. The van der Waals surface area contributed by atoms with E-state index in [0.29, 0.717) is 35.8 Å². The molecule has 0 spiro atoms. The van der Waals surface area contributed by atoms with Crippen LogP contribution in [0.4, 0.5) is 0 Å². The highest BCUT2D eigenvalue weighted by Crippen LogP contribution is 2.37. The third-order valence-electron chi connectivity index (χ3n) is 5.85. The second-order valence-electron chi connectivity index (χ2n) is 7.66. The Morgan fingerprint density at radius 2 is 1.88 bits per heavy atom. The molecular weight excluding hydrogens is 539 g/mol. The number of nitrogens with one attached hydrogen (secondary N) is 2. The number of rotatable bonds is 8. The van der Waals surface area contributed by atoms with Gasteiger partial charge in [0.15, 0.2) is 5.96 Å². The molecule has 1 aliphatic rings. The third-order valence-corrected chi connectivity index (χ3v) is 6.79. The van der Waals surface area contributed by atoms with Crippen LogP contribution in [-0.4, -0.2) is 59.4 Å². The van der Waals surface area contributed by atoms with Crippen molar-refractivity contribution in [2.45, 2.75) is 25.4 Å². The Balaban J connectivity index is 0.00000363. The molecule has 0 aliphatic carbocycles. The lowest BCUT2D eigenvalue weighted by atomic mass is 9.88. The number of piperidine rings is 1. The van der Waals surface area contributed by atoms with Crippen molar-refractivity contribution in [3.63, 3.8) is 0 Å². The molecule has 1 aromatic carbocycles. The van der Waals surface area contributed by atoms with Crippen LogP contribution in [0, 0.1) is 5.92 Å². The molecule has 2 N–H and O–H groups in total. The minimum atomic E-state index is 0. The standard InChI is InChI=1S/C23H34N4O3S.HI/c1-24-23(26-15-18-19(29-4)12-17(28-3)13-20(18)30-5)25-14-16-8-6-10-27(2)22(16)21-9-7-11-31-21;/h7,9,11-13,16,22H,6,8,10,14-15H2,1-5H3,(H2,24,25,26);1H. The summed E-state index contributed by atoms with van der Waals surface area (Å²) < 4.78 is 16.4.